The maximum Gasteiger partial charge on any atom is 0.222 e. The van der Waals surface area contributed by atoms with E-state index in [2.05, 4.69) is 20.5 Å². The minimum absolute atomic E-state index is 0.610. The Morgan fingerprint density at radius 1 is 1.39 bits per heavy atom. The summed E-state index contributed by atoms with van der Waals surface area (Å²) < 4.78 is 5.13. The molecule has 0 unspecified atom stereocenters. The van der Waals surface area contributed by atoms with E-state index in [1.54, 1.807) is 12.5 Å². The van der Waals surface area contributed by atoms with Crippen LogP contribution in [0.15, 0.2) is 46.1 Å². The van der Waals surface area contributed by atoms with Crippen LogP contribution in [0.3, 0.4) is 0 Å². The van der Waals surface area contributed by atoms with Gasteiger partial charge < -0.3 is 9.40 Å². The monoisotopic (exact) mass is 240 g/mol. The molecule has 0 saturated heterocycles. The van der Waals surface area contributed by atoms with Crippen molar-refractivity contribution < 1.29 is 4.42 Å². The summed E-state index contributed by atoms with van der Waals surface area (Å²) in [6, 6.07) is 9.68. The van der Waals surface area contributed by atoms with Gasteiger partial charge in [0.15, 0.2) is 0 Å². The van der Waals surface area contributed by atoms with Crippen molar-refractivity contribution in [2.24, 2.45) is 5.10 Å². The molecule has 2 heterocycles. The molecule has 3 rings (SSSR count). The highest BCUT2D eigenvalue weighted by Crippen LogP contribution is 2.15. The lowest BCUT2D eigenvalue weighted by Crippen LogP contribution is -1.91. The quantitative estimate of drug-likeness (QED) is 0.546. The summed E-state index contributed by atoms with van der Waals surface area (Å²) in [6.45, 7) is 2.04. The topological polar surface area (TPSA) is 66.2 Å². The second kappa shape index (κ2) is 4.37. The predicted molar refractivity (Wildman–Crippen MR) is 70.8 cm³/mol. The van der Waals surface area contributed by atoms with E-state index in [1.165, 1.54) is 5.56 Å². The molecule has 0 aliphatic carbocycles. The van der Waals surface area contributed by atoms with E-state index < -0.39 is 0 Å². The number of aromatic nitrogens is 2. The molecule has 0 fully saturated rings. The number of benzene rings is 1. The van der Waals surface area contributed by atoms with Crippen molar-refractivity contribution in [3.63, 3.8) is 0 Å². The molecule has 0 atom stereocenters. The van der Waals surface area contributed by atoms with E-state index in [1.807, 2.05) is 37.3 Å². The van der Waals surface area contributed by atoms with E-state index in [0.717, 1.165) is 11.0 Å². The summed E-state index contributed by atoms with van der Waals surface area (Å²) in [7, 11) is 0. The third kappa shape index (κ3) is 2.10. The van der Waals surface area contributed by atoms with E-state index in [0.29, 0.717) is 11.7 Å². The van der Waals surface area contributed by atoms with Crippen molar-refractivity contribution >= 4 is 23.2 Å². The maximum atomic E-state index is 5.13. The van der Waals surface area contributed by atoms with Gasteiger partial charge in [-0.3, -0.25) is 0 Å². The fraction of sp³-hybridized carbons (Fsp3) is 0.0769. The summed E-state index contributed by atoms with van der Waals surface area (Å²) in [5.74, 6) is 1.30. The largest absolute Gasteiger partial charge is 0.463 e. The molecule has 5 nitrogen and oxygen atoms in total. The van der Waals surface area contributed by atoms with Gasteiger partial charge in [0.1, 0.15) is 5.76 Å². The predicted octanol–water partition coefficient (Wildman–Crippen LogP) is 2.91. The van der Waals surface area contributed by atoms with Crippen LogP contribution in [0.5, 0.6) is 0 Å². The first-order chi connectivity index (χ1) is 8.81. The van der Waals surface area contributed by atoms with Crippen LogP contribution in [0, 0.1) is 6.92 Å². The van der Waals surface area contributed by atoms with Gasteiger partial charge in [-0.05, 0) is 36.8 Å². The molecule has 2 aromatic heterocycles. The molecule has 0 radical (unpaired) electrons. The molecule has 3 aromatic rings. The number of hydrogen-bond donors (Lipinski definition) is 2. The molecule has 5 heteroatoms. The molecule has 0 aliphatic rings. The van der Waals surface area contributed by atoms with Gasteiger partial charge in [0.2, 0.25) is 5.95 Å². The molecule has 1 aromatic carbocycles. The summed E-state index contributed by atoms with van der Waals surface area (Å²) >= 11 is 0. The smallest absolute Gasteiger partial charge is 0.222 e. The van der Waals surface area contributed by atoms with Crippen LogP contribution in [0.1, 0.15) is 11.3 Å². The van der Waals surface area contributed by atoms with Crippen molar-refractivity contribution in [2.75, 3.05) is 5.43 Å². The maximum absolute atomic E-state index is 5.13. The lowest BCUT2D eigenvalue weighted by Gasteiger charge is -1.91. The van der Waals surface area contributed by atoms with Crippen LogP contribution < -0.4 is 5.43 Å². The van der Waals surface area contributed by atoms with Crippen LogP contribution in [0.2, 0.25) is 0 Å². The Labute approximate surface area is 104 Å². The van der Waals surface area contributed by atoms with Crippen LogP contribution in [0.4, 0.5) is 5.95 Å². The third-order valence-electron chi connectivity index (χ3n) is 2.54. The zero-order chi connectivity index (χ0) is 12.4. The molecule has 2 N–H and O–H groups in total. The van der Waals surface area contributed by atoms with Gasteiger partial charge >= 0.3 is 0 Å². The average molecular weight is 240 g/mol. The van der Waals surface area contributed by atoms with Crippen LogP contribution in [-0.2, 0) is 0 Å². The van der Waals surface area contributed by atoms with Gasteiger partial charge in [0.05, 0.1) is 23.5 Å². The SMILES string of the molecule is Cc1ccc2nc(N/N=C\c3ccco3)[nH]c2c1. The summed E-state index contributed by atoms with van der Waals surface area (Å²) in [4.78, 5) is 7.51. The molecule has 0 aliphatic heterocycles. The number of fused-ring (bicyclic) bond motifs is 1. The molecule has 0 spiro atoms. The highest BCUT2D eigenvalue weighted by Gasteiger charge is 2.01. The molecule has 0 saturated carbocycles. The highest BCUT2D eigenvalue weighted by molar-refractivity contribution is 5.79. The zero-order valence-electron chi connectivity index (χ0n) is 9.84. The summed E-state index contributed by atoms with van der Waals surface area (Å²) in [5, 5.41) is 4.04. The molecule has 0 bridgehead atoms. The summed E-state index contributed by atoms with van der Waals surface area (Å²) in [5.41, 5.74) is 5.93. The number of furan rings is 1. The van der Waals surface area contributed by atoms with E-state index in [-0.39, 0.29) is 0 Å². The van der Waals surface area contributed by atoms with Gasteiger partial charge in [0, 0.05) is 0 Å². The highest BCUT2D eigenvalue weighted by atomic mass is 16.3. The number of aromatic amines is 1. The first-order valence-electron chi connectivity index (χ1n) is 5.60. The van der Waals surface area contributed by atoms with Crippen molar-refractivity contribution in [2.45, 2.75) is 6.92 Å². The van der Waals surface area contributed by atoms with Gasteiger partial charge in [-0.1, -0.05) is 6.07 Å². The number of hydrogen-bond acceptors (Lipinski definition) is 4. The number of H-pyrrole nitrogens is 1. The fourth-order valence-electron chi connectivity index (χ4n) is 1.70. The Balaban J connectivity index is 1.79. The second-order valence-corrected chi connectivity index (χ2v) is 3.99. The van der Waals surface area contributed by atoms with Crippen LogP contribution in [-0.4, -0.2) is 16.2 Å². The van der Waals surface area contributed by atoms with Gasteiger partial charge in [-0.25, -0.2) is 10.4 Å². The Morgan fingerprint density at radius 2 is 2.33 bits per heavy atom. The second-order valence-electron chi connectivity index (χ2n) is 3.99. The Kier molecular flexibility index (Phi) is 2.57. The first kappa shape index (κ1) is 10.6. The van der Waals surface area contributed by atoms with Gasteiger partial charge in [0.25, 0.3) is 0 Å². The standard InChI is InChI=1S/C13H12N4O/c1-9-4-5-11-12(7-9)16-13(15-11)17-14-8-10-3-2-6-18-10/h2-8H,1H3,(H2,15,16,17)/b14-8-. The number of rotatable bonds is 3. The number of anilines is 1. The molecular weight excluding hydrogens is 228 g/mol. The first-order valence-corrected chi connectivity index (χ1v) is 5.60. The lowest BCUT2D eigenvalue weighted by molar-refractivity contribution is 0.560. The number of hydrazone groups is 1. The number of nitrogens with one attached hydrogen (secondary N) is 2. The van der Waals surface area contributed by atoms with Gasteiger partial charge in [-0.2, -0.15) is 5.10 Å². The van der Waals surface area contributed by atoms with Crippen LogP contribution >= 0.6 is 0 Å². The Bertz CT molecular complexity index is 682. The molecule has 90 valence electrons. The van der Waals surface area contributed by atoms with Crippen LogP contribution in [0.25, 0.3) is 11.0 Å². The third-order valence-corrected chi connectivity index (χ3v) is 2.54. The molecular formula is C13H12N4O. The normalized spacial score (nSPS) is 11.4. The average Bonchev–Trinajstić information content (AvgIpc) is 2.97. The van der Waals surface area contributed by atoms with Crippen molar-refractivity contribution in [1.29, 1.82) is 0 Å². The van der Waals surface area contributed by atoms with Gasteiger partial charge in [-0.15, -0.1) is 0 Å². The Morgan fingerprint density at radius 3 is 3.17 bits per heavy atom. The number of nitrogens with zero attached hydrogens (tertiary/aromatic N) is 2. The van der Waals surface area contributed by atoms with Crippen molar-refractivity contribution in [1.82, 2.24) is 9.97 Å². The van der Waals surface area contributed by atoms with E-state index >= 15 is 0 Å². The fourth-order valence-corrected chi connectivity index (χ4v) is 1.70. The van der Waals surface area contributed by atoms with Crippen molar-refractivity contribution in [3.8, 4) is 0 Å². The minimum Gasteiger partial charge on any atom is -0.463 e. The molecule has 18 heavy (non-hydrogen) atoms. The van der Waals surface area contributed by atoms with E-state index in [4.69, 9.17) is 4.42 Å². The lowest BCUT2D eigenvalue weighted by atomic mass is 10.2. The Hall–Kier alpha value is -2.56. The number of aryl methyl sites for hydroxylation is 1. The minimum atomic E-state index is 0.610. The zero-order valence-corrected chi connectivity index (χ0v) is 9.84. The van der Waals surface area contributed by atoms with Crippen molar-refractivity contribution in [3.05, 3.63) is 47.9 Å². The summed E-state index contributed by atoms with van der Waals surface area (Å²) in [6.07, 6.45) is 3.20. The van der Waals surface area contributed by atoms with E-state index in [9.17, 15) is 0 Å². The number of imidazole rings is 1. The molecule has 0 amide bonds.